The first-order valence-electron chi connectivity index (χ1n) is 4.95. The van der Waals surface area contributed by atoms with Crippen LogP contribution in [-0.4, -0.2) is 7.11 Å². The first-order valence-corrected chi connectivity index (χ1v) is 4.95. The molecule has 1 aromatic carbocycles. The minimum absolute atomic E-state index is 0.833. The van der Waals surface area contributed by atoms with E-state index in [1.807, 2.05) is 0 Å². The van der Waals surface area contributed by atoms with Crippen molar-refractivity contribution in [3.05, 3.63) is 29.3 Å². The summed E-state index contributed by atoms with van der Waals surface area (Å²) in [5, 5.41) is 0. The first-order chi connectivity index (χ1) is 6.29. The van der Waals surface area contributed by atoms with Crippen molar-refractivity contribution in [3.8, 4) is 5.75 Å². The topological polar surface area (TPSA) is 9.23 Å². The number of benzene rings is 1. The Balaban J connectivity index is 2.32. The molecule has 1 aliphatic rings. The third kappa shape index (κ3) is 1.69. The van der Waals surface area contributed by atoms with Crippen LogP contribution in [0.2, 0.25) is 0 Å². The van der Waals surface area contributed by atoms with Crippen molar-refractivity contribution in [2.45, 2.75) is 26.2 Å². The molecule has 1 heteroatoms. The van der Waals surface area contributed by atoms with Gasteiger partial charge in [-0.15, -0.1) is 0 Å². The Kier molecular flexibility index (Phi) is 2.26. The third-order valence-corrected chi connectivity index (χ3v) is 2.89. The minimum Gasteiger partial charge on any atom is -0.497 e. The van der Waals surface area contributed by atoms with Gasteiger partial charge in [-0.2, -0.15) is 0 Å². The lowest BCUT2D eigenvalue weighted by molar-refractivity contribution is 0.412. The van der Waals surface area contributed by atoms with Gasteiger partial charge in [0.15, 0.2) is 0 Å². The highest BCUT2D eigenvalue weighted by Gasteiger charge is 2.14. The second-order valence-corrected chi connectivity index (χ2v) is 3.98. The highest BCUT2D eigenvalue weighted by molar-refractivity contribution is 5.37. The van der Waals surface area contributed by atoms with Gasteiger partial charge in [0, 0.05) is 0 Å². The molecule has 0 aromatic heterocycles. The molecular formula is C12H16O. The Labute approximate surface area is 79.7 Å². The van der Waals surface area contributed by atoms with E-state index in [-0.39, 0.29) is 0 Å². The lowest BCUT2D eigenvalue weighted by Crippen LogP contribution is -2.11. The van der Waals surface area contributed by atoms with Gasteiger partial charge in [0.05, 0.1) is 7.11 Å². The van der Waals surface area contributed by atoms with Crippen LogP contribution in [-0.2, 0) is 12.8 Å². The summed E-state index contributed by atoms with van der Waals surface area (Å²) >= 11 is 0. The largest absolute Gasteiger partial charge is 0.497 e. The van der Waals surface area contributed by atoms with E-state index in [2.05, 4.69) is 25.1 Å². The zero-order valence-electron chi connectivity index (χ0n) is 8.34. The van der Waals surface area contributed by atoms with Crippen LogP contribution < -0.4 is 4.74 Å². The van der Waals surface area contributed by atoms with Gasteiger partial charge < -0.3 is 4.74 Å². The molecule has 0 N–H and O–H groups in total. The number of hydrogen-bond acceptors (Lipinski definition) is 1. The molecule has 70 valence electrons. The smallest absolute Gasteiger partial charge is 0.119 e. The molecule has 0 bridgehead atoms. The SMILES string of the molecule is COc1ccc2c(c1)CC(C)CC2. The number of aryl methyl sites for hydroxylation is 1. The summed E-state index contributed by atoms with van der Waals surface area (Å²) in [5.41, 5.74) is 3.00. The molecule has 0 aliphatic heterocycles. The van der Waals surface area contributed by atoms with Crippen molar-refractivity contribution in [1.82, 2.24) is 0 Å². The van der Waals surface area contributed by atoms with Crippen molar-refractivity contribution >= 4 is 0 Å². The van der Waals surface area contributed by atoms with Crippen molar-refractivity contribution < 1.29 is 4.74 Å². The summed E-state index contributed by atoms with van der Waals surface area (Å²) in [7, 11) is 1.73. The molecule has 0 saturated heterocycles. The van der Waals surface area contributed by atoms with Gasteiger partial charge >= 0.3 is 0 Å². The average molecular weight is 176 g/mol. The van der Waals surface area contributed by atoms with E-state index in [9.17, 15) is 0 Å². The van der Waals surface area contributed by atoms with Crippen LogP contribution in [0.25, 0.3) is 0 Å². The van der Waals surface area contributed by atoms with Crippen LogP contribution in [0.5, 0.6) is 5.75 Å². The number of ether oxygens (including phenoxy) is 1. The molecular weight excluding hydrogens is 160 g/mol. The van der Waals surface area contributed by atoms with Crippen LogP contribution in [0, 0.1) is 5.92 Å². The summed E-state index contributed by atoms with van der Waals surface area (Å²) in [6.45, 7) is 2.32. The summed E-state index contributed by atoms with van der Waals surface area (Å²) in [4.78, 5) is 0. The predicted molar refractivity (Wildman–Crippen MR) is 54.2 cm³/mol. The van der Waals surface area contributed by atoms with Crippen LogP contribution in [0.1, 0.15) is 24.5 Å². The molecule has 0 radical (unpaired) electrons. The quantitative estimate of drug-likeness (QED) is 0.639. The van der Waals surface area contributed by atoms with E-state index in [1.165, 1.54) is 30.4 Å². The van der Waals surface area contributed by atoms with Gasteiger partial charge in [-0.3, -0.25) is 0 Å². The molecule has 0 amide bonds. The molecule has 1 aliphatic carbocycles. The fourth-order valence-corrected chi connectivity index (χ4v) is 2.04. The Morgan fingerprint density at radius 2 is 2.15 bits per heavy atom. The predicted octanol–water partition coefficient (Wildman–Crippen LogP) is 2.82. The van der Waals surface area contributed by atoms with E-state index < -0.39 is 0 Å². The highest BCUT2D eigenvalue weighted by Crippen LogP contribution is 2.27. The fraction of sp³-hybridized carbons (Fsp3) is 0.500. The van der Waals surface area contributed by atoms with Gasteiger partial charge in [0.1, 0.15) is 5.75 Å². The molecule has 0 saturated carbocycles. The highest BCUT2D eigenvalue weighted by atomic mass is 16.5. The van der Waals surface area contributed by atoms with Gasteiger partial charge in [-0.05, 0) is 48.4 Å². The van der Waals surface area contributed by atoms with E-state index >= 15 is 0 Å². The number of methoxy groups -OCH3 is 1. The van der Waals surface area contributed by atoms with E-state index in [1.54, 1.807) is 7.11 Å². The molecule has 1 nitrogen and oxygen atoms in total. The Hall–Kier alpha value is -0.980. The number of fused-ring (bicyclic) bond motifs is 1. The first kappa shape index (κ1) is 8.61. The maximum Gasteiger partial charge on any atom is 0.119 e. The summed E-state index contributed by atoms with van der Waals surface area (Å²) in [6, 6.07) is 6.46. The summed E-state index contributed by atoms with van der Waals surface area (Å²) in [5.74, 6) is 1.83. The third-order valence-electron chi connectivity index (χ3n) is 2.89. The minimum atomic E-state index is 0.833. The molecule has 1 unspecified atom stereocenters. The number of hydrogen-bond donors (Lipinski definition) is 0. The normalized spacial score (nSPS) is 20.9. The van der Waals surface area contributed by atoms with E-state index in [4.69, 9.17) is 4.74 Å². The Morgan fingerprint density at radius 1 is 1.31 bits per heavy atom. The van der Waals surface area contributed by atoms with Gasteiger partial charge in [-0.1, -0.05) is 13.0 Å². The van der Waals surface area contributed by atoms with Crippen molar-refractivity contribution in [1.29, 1.82) is 0 Å². The van der Waals surface area contributed by atoms with E-state index in [0.717, 1.165) is 11.7 Å². The molecule has 13 heavy (non-hydrogen) atoms. The van der Waals surface area contributed by atoms with Crippen molar-refractivity contribution in [2.24, 2.45) is 5.92 Å². The Morgan fingerprint density at radius 3 is 2.92 bits per heavy atom. The second kappa shape index (κ2) is 3.41. The van der Waals surface area contributed by atoms with Crippen LogP contribution in [0.3, 0.4) is 0 Å². The van der Waals surface area contributed by atoms with E-state index in [0.29, 0.717) is 0 Å². The van der Waals surface area contributed by atoms with Gasteiger partial charge in [0.25, 0.3) is 0 Å². The maximum atomic E-state index is 5.22. The van der Waals surface area contributed by atoms with Crippen LogP contribution >= 0.6 is 0 Å². The molecule has 1 aromatic rings. The molecule has 0 spiro atoms. The second-order valence-electron chi connectivity index (χ2n) is 3.98. The lowest BCUT2D eigenvalue weighted by Gasteiger charge is -2.21. The zero-order valence-corrected chi connectivity index (χ0v) is 8.34. The molecule has 1 atom stereocenters. The summed E-state index contributed by atoms with van der Waals surface area (Å²) in [6.07, 6.45) is 3.78. The van der Waals surface area contributed by atoms with Crippen LogP contribution in [0.4, 0.5) is 0 Å². The molecule has 2 rings (SSSR count). The van der Waals surface area contributed by atoms with Crippen LogP contribution in [0.15, 0.2) is 18.2 Å². The lowest BCUT2D eigenvalue weighted by atomic mass is 9.85. The Bertz CT molecular complexity index is 304. The van der Waals surface area contributed by atoms with Gasteiger partial charge in [-0.25, -0.2) is 0 Å². The monoisotopic (exact) mass is 176 g/mol. The average Bonchev–Trinajstić information content (AvgIpc) is 2.16. The van der Waals surface area contributed by atoms with Crippen molar-refractivity contribution in [2.75, 3.05) is 7.11 Å². The van der Waals surface area contributed by atoms with Crippen molar-refractivity contribution in [3.63, 3.8) is 0 Å². The molecule has 0 fully saturated rings. The molecule has 0 heterocycles. The maximum absolute atomic E-state index is 5.22. The standard InChI is InChI=1S/C12H16O/c1-9-3-4-10-5-6-12(13-2)8-11(10)7-9/h5-6,8-9H,3-4,7H2,1-2H3. The summed E-state index contributed by atoms with van der Waals surface area (Å²) < 4.78 is 5.22. The van der Waals surface area contributed by atoms with Gasteiger partial charge in [0.2, 0.25) is 0 Å². The zero-order chi connectivity index (χ0) is 9.26. The fourth-order valence-electron chi connectivity index (χ4n) is 2.04. The number of rotatable bonds is 1.